The molecule has 0 unspecified atom stereocenters. The van der Waals surface area contributed by atoms with E-state index in [1.165, 1.54) is 0 Å². The highest BCUT2D eigenvalue weighted by atomic mass is 32.2. The molecule has 112 valence electrons. The monoisotopic (exact) mass is 311 g/mol. The number of hydrogen-bond donors (Lipinski definition) is 0. The van der Waals surface area contributed by atoms with Gasteiger partial charge in [0, 0.05) is 10.5 Å². The van der Waals surface area contributed by atoms with Gasteiger partial charge in [-0.15, -0.1) is 11.8 Å². The minimum Gasteiger partial charge on any atom is -0.352 e. The number of ether oxygens (including phenoxy) is 1. The summed E-state index contributed by atoms with van der Waals surface area (Å²) in [5.74, 6) is 0.199. The molecule has 2 saturated heterocycles. The van der Waals surface area contributed by atoms with Crippen LogP contribution in [-0.4, -0.2) is 28.7 Å². The van der Waals surface area contributed by atoms with Gasteiger partial charge in [-0.2, -0.15) is 0 Å². The Morgan fingerprint density at radius 2 is 1.68 bits per heavy atom. The lowest BCUT2D eigenvalue weighted by Gasteiger charge is -2.23. The quantitative estimate of drug-likeness (QED) is 0.869. The van der Waals surface area contributed by atoms with Crippen LogP contribution in [0.2, 0.25) is 0 Å². The summed E-state index contributed by atoms with van der Waals surface area (Å²) in [6, 6.07) is 20.4. The van der Waals surface area contributed by atoms with Crippen LogP contribution in [-0.2, 0) is 9.53 Å². The van der Waals surface area contributed by atoms with E-state index in [0.29, 0.717) is 6.61 Å². The molecule has 3 atom stereocenters. The van der Waals surface area contributed by atoms with Gasteiger partial charge >= 0.3 is 0 Å². The van der Waals surface area contributed by atoms with Crippen LogP contribution >= 0.6 is 11.8 Å². The van der Waals surface area contributed by atoms with Crippen LogP contribution in [0.4, 0.5) is 0 Å². The maximum absolute atomic E-state index is 12.8. The number of thioether (sulfide) groups is 1. The fourth-order valence-electron chi connectivity index (χ4n) is 3.18. The first-order valence-corrected chi connectivity index (χ1v) is 8.41. The second kappa shape index (κ2) is 5.78. The van der Waals surface area contributed by atoms with Crippen molar-refractivity contribution in [2.45, 2.75) is 28.8 Å². The maximum Gasteiger partial charge on any atom is 0.238 e. The number of nitrogens with zero attached hydrogens (tertiary/aromatic N) is 1. The predicted molar refractivity (Wildman–Crippen MR) is 86.5 cm³/mol. The highest BCUT2D eigenvalue weighted by Gasteiger charge is 2.48. The van der Waals surface area contributed by atoms with Gasteiger partial charge < -0.3 is 9.64 Å². The summed E-state index contributed by atoms with van der Waals surface area (Å²) in [7, 11) is 0. The molecular weight excluding hydrogens is 294 g/mol. The molecule has 2 aliphatic rings. The zero-order valence-corrected chi connectivity index (χ0v) is 12.9. The third-order valence-electron chi connectivity index (χ3n) is 4.21. The van der Waals surface area contributed by atoms with Crippen molar-refractivity contribution in [1.29, 1.82) is 0 Å². The largest absolute Gasteiger partial charge is 0.352 e. The van der Waals surface area contributed by atoms with E-state index in [2.05, 4.69) is 12.1 Å². The Hall–Kier alpha value is -1.78. The molecule has 0 aliphatic carbocycles. The fourth-order valence-corrected chi connectivity index (χ4v) is 4.37. The van der Waals surface area contributed by atoms with E-state index in [9.17, 15) is 4.79 Å². The van der Waals surface area contributed by atoms with E-state index < -0.39 is 0 Å². The van der Waals surface area contributed by atoms with Gasteiger partial charge in [0.15, 0.2) is 6.23 Å². The molecular formula is C18H17NO2S. The van der Waals surface area contributed by atoms with Gasteiger partial charge in [0.2, 0.25) is 5.91 Å². The first-order chi connectivity index (χ1) is 10.8. The molecule has 2 aromatic rings. The van der Waals surface area contributed by atoms with Crippen molar-refractivity contribution in [1.82, 2.24) is 4.90 Å². The zero-order chi connectivity index (χ0) is 14.9. The molecule has 0 radical (unpaired) electrons. The van der Waals surface area contributed by atoms with Crippen molar-refractivity contribution in [2.24, 2.45) is 0 Å². The molecule has 2 fully saturated rings. The molecule has 4 heteroatoms. The number of carbonyl (C=O) groups excluding carboxylic acids is 1. The number of rotatable bonds is 3. The topological polar surface area (TPSA) is 29.5 Å². The van der Waals surface area contributed by atoms with Crippen molar-refractivity contribution in [3.63, 3.8) is 0 Å². The van der Waals surface area contributed by atoms with Gasteiger partial charge in [-0.05, 0) is 18.6 Å². The molecule has 2 aromatic carbocycles. The average molecular weight is 311 g/mol. The van der Waals surface area contributed by atoms with Crippen molar-refractivity contribution >= 4 is 17.7 Å². The van der Waals surface area contributed by atoms with Gasteiger partial charge in [-0.25, -0.2) is 0 Å². The summed E-state index contributed by atoms with van der Waals surface area (Å²) >= 11 is 1.67. The van der Waals surface area contributed by atoms with Crippen LogP contribution in [0.5, 0.6) is 0 Å². The molecule has 0 spiro atoms. The Bertz CT molecular complexity index is 661. The number of benzene rings is 2. The Morgan fingerprint density at radius 3 is 2.41 bits per heavy atom. The molecule has 2 heterocycles. The molecule has 4 rings (SSSR count). The van der Waals surface area contributed by atoms with Gasteiger partial charge in [0.25, 0.3) is 0 Å². The van der Waals surface area contributed by atoms with Crippen molar-refractivity contribution in [3.05, 3.63) is 66.2 Å². The van der Waals surface area contributed by atoms with Gasteiger partial charge in [0.05, 0.1) is 17.9 Å². The first-order valence-electron chi connectivity index (χ1n) is 7.53. The number of carbonyl (C=O) groups is 1. The van der Waals surface area contributed by atoms with E-state index in [4.69, 9.17) is 4.74 Å². The lowest BCUT2D eigenvalue weighted by atomic mass is 10.2. The van der Waals surface area contributed by atoms with Crippen molar-refractivity contribution in [2.75, 3.05) is 6.61 Å². The Morgan fingerprint density at radius 1 is 1.00 bits per heavy atom. The highest BCUT2D eigenvalue weighted by molar-refractivity contribution is 8.00. The van der Waals surface area contributed by atoms with Crippen molar-refractivity contribution in [3.8, 4) is 0 Å². The lowest BCUT2D eigenvalue weighted by Crippen LogP contribution is -2.32. The molecule has 2 aliphatic heterocycles. The maximum atomic E-state index is 12.8. The summed E-state index contributed by atoms with van der Waals surface area (Å²) < 4.78 is 5.87. The number of hydrogen-bond acceptors (Lipinski definition) is 3. The van der Waals surface area contributed by atoms with E-state index in [0.717, 1.165) is 16.9 Å². The van der Waals surface area contributed by atoms with Gasteiger partial charge in [0.1, 0.15) is 0 Å². The van der Waals surface area contributed by atoms with E-state index >= 15 is 0 Å². The summed E-state index contributed by atoms with van der Waals surface area (Å²) in [6.45, 7) is 0.636. The van der Waals surface area contributed by atoms with Crippen LogP contribution in [0.25, 0.3) is 0 Å². The molecule has 0 N–H and O–H groups in total. The molecule has 1 amide bonds. The average Bonchev–Trinajstić information content (AvgIpc) is 3.11. The Balaban J connectivity index is 1.54. The third kappa shape index (κ3) is 2.42. The number of fused-ring (bicyclic) bond motifs is 1. The van der Waals surface area contributed by atoms with Crippen LogP contribution in [0.15, 0.2) is 65.6 Å². The fraction of sp³-hybridized carbons (Fsp3) is 0.278. The van der Waals surface area contributed by atoms with Crippen LogP contribution in [0.3, 0.4) is 0 Å². The first kappa shape index (κ1) is 13.9. The molecule has 0 aromatic heterocycles. The summed E-state index contributed by atoms with van der Waals surface area (Å²) in [6.07, 6.45) is 0.641. The summed E-state index contributed by atoms with van der Waals surface area (Å²) in [5.41, 5.74) is 1.06. The molecule has 0 bridgehead atoms. The third-order valence-corrected chi connectivity index (χ3v) is 5.44. The highest BCUT2D eigenvalue weighted by Crippen LogP contribution is 2.42. The van der Waals surface area contributed by atoms with E-state index in [1.54, 1.807) is 11.8 Å². The Kier molecular flexibility index (Phi) is 3.64. The Labute approximate surface area is 134 Å². The van der Waals surface area contributed by atoms with Crippen LogP contribution in [0, 0.1) is 0 Å². The van der Waals surface area contributed by atoms with E-state index in [1.807, 2.05) is 53.4 Å². The second-order valence-corrected chi connectivity index (χ2v) is 6.93. The van der Waals surface area contributed by atoms with Crippen molar-refractivity contribution < 1.29 is 9.53 Å². The van der Waals surface area contributed by atoms with Crippen LogP contribution < -0.4 is 0 Å². The lowest BCUT2D eigenvalue weighted by molar-refractivity contribution is -0.133. The summed E-state index contributed by atoms with van der Waals surface area (Å²) in [5, 5.41) is 0.00233. The standard InChI is InChI=1S/C18H17NO2S/c20-17-16(22-15-9-5-2-6-10-15)11-14-12-21-18(19(14)17)13-7-3-1-4-8-13/h1-10,14,16,18H,11-12H2/t14-,16-,18+/m0/s1. The number of amides is 1. The normalized spacial score (nSPS) is 27.2. The smallest absolute Gasteiger partial charge is 0.238 e. The minimum atomic E-state index is -0.222. The second-order valence-electron chi connectivity index (χ2n) is 5.65. The SMILES string of the molecule is O=C1[C@@H](Sc2ccccc2)C[C@H]2CO[C@H](c3ccccc3)N12. The zero-order valence-electron chi connectivity index (χ0n) is 12.1. The predicted octanol–water partition coefficient (Wildman–Crippen LogP) is 3.48. The van der Waals surface area contributed by atoms with Gasteiger partial charge in [-0.3, -0.25) is 4.79 Å². The summed E-state index contributed by atoms with van der Waals surface area (Å²) in [4.78, 5) is 15.9. The molecule has 3 nitrogen and oxygen atoms in total. The minimum absolute atomic E-state index is 0.00233. The van der Waals surface area contributed by atoms with Gasteiger partial charge in [-0.1, -0.05) is 48.5 Å². The molecule has 0 saturated carbocycles. The van der Waals surface area contributed by atoms with Crippen LogP contribution in [0.1, 0.15) is 18.2 Å². The van der Waals surface area contributed by atoms with E-state index in [-0.39, 0.29) is 23.4 Å². The molecule has 22 heavy (non-hydrogen) atoms.